The van der Waals surface area contributed by atoms with Crippen LogP contribution in [0.5, 0.6) is 5.75 Å². The molecule has 5 aromatic rings. The molecule has 0 spiro atoms. The molecule has 3 aromatic carbocycles. The third kappa shape index (κ3) is 8.26. The van der Waals surface area contributed by atoms with Crippen LogP contribution >= 0.6 is 23.2 Å². The molecule has 54 heavy (non-hydrogen) atoms. The molecular weight excluding hydrogens is 733 g/mol. The van der Waals surface area contributed by atoms with E-state index in [1.807, 2.05) is 43.8 Å². The number of primary amides is 1. The van der Waals surface area contributed by atoms with Gasteiger partial charge in [-0.05, 0) is 74.0 Å². The van der Waals surface area contributed by atoms with E-state index in [-0.39, 0.29) is 43.8 Å². The van der Waals surface area contributed by atoms with Gasteiger partial charge in [0, 0.05) is 53.2 Å². The van der Waals surface area contributed by atoms with Crippen LogP contribution in [0.3, 0.4) is 0 Å². The van der Waals surface area contributed by atoms with Crippen molar-refractivity contribution in [2.24, 2.45) is 5.73 Å². The highest BCUT2D eigenvalue weighted by Gasteiger charge is 2.47. The molecule has 2 aliphatic rings. The lowest BCUT2D eigenvalue weighted by atomic mass is 10.1. The van der Waals surface area contributed by atoms with Gasteiger partial charge in [-0.25, -0.2) is 18.6 Å². The van der Waals surface area contributed by atoms with Crippen molar-refractivity contribution in [2.45, 2.75) is 57.7 Å². The van der Waals surface area contributed by atoms with Gasteiger partial charge in [-0.1, -0.05) is 36.2 Å². The fourth-order valence-electron chi connectivity index (χ4n) is 6.72. The summed E-state index contributed by atoms with van der Waals surface area (Å²) in [5.41, 5.74) is 5.41. The number of amides is 1. The Hall–Kier alpha value is -4.89. The fourth-order valence-corrected chi connectivity index (χ4v) is 7.27. The normalized spacial score (nSPS) is 19.5. The molecule has 2 saturated heterocycles. The quantitative estimate of drug-likeness (QED) is 0.163. The minimum absolute atomic E-state index is 0.0530. The van der Waals surface area contributed by atoms with Gasteiger partial charge in [0.05, 0.1) is 36.3 Å². The van der Waals surface area contributed by atoms with Crippen LogP contribution < -0.4 is 30.5 Å². The SMILES string of the molecule is [3H]NC(=O)CC[n+]1cnn(C[C@]2(c3ccc(Cl)cc3Cl)OCC(COc3ccc(N4CCN(c5ccc(-n6cnn(C(C)CC)c6=O)cc5)CC4)cc3)O2)c1. The summed E-state index contributed by atoms with van der Waals surface area (Å²) >= 11 is 12.9. The zero-order chi connectivity index (χ0) is 38.5. The number of ether oxygens (including phenoxy) is 3. The maximum atomic E-state index is 12.8. The zero-order valence-electron chi connectivity index (χ0n) is 31.2. The number of hydrogen-bond acceptors (Lipinski definition) is 9. The molecule has 16 heteroatoms. The van der Waals surface area contributed by atoms with Crippen LogP contribution in [0, 0.1) is 0 Å². The van der Waals surface area contributed by atoms with E-state index in [2.05, 4.69) is 44.3 Å². The van der Waals surface area contributed by atoms with Crippen LogP contribution in [0.25, 0.3) is 5.69 Å². The van der Waals surface area contributed by atoms with E-state index in [0.717, 1.165) is 49.7 Å². The molecule has 2 aliphatic heterocycles. The van der Waals surface area contributed by atoms with Crippen LogP contribution in [0.4, 0.5) is 11.4 Å². The largest absolute Gasteiger partial charge is 0.491 e. The van der Waals surface area contributed by atoms with Crippen molar-refractivity contribution >= 4 is 40.5 Å². The van der Waals surface area contributed by atoms with Gasteiger partial charge in [-0.3, -0.25) is 4.79 Å². The highest BCUT2D eigenvalue weighted by Crippen LogP contribution is 2.40. The summed E-state index contributed by atoms with van der Waals surface area (Å²) in [7, 11) is 0. The van der Waals surface area contributed by atoms with Crippen LogP contribution in [0.2, 0.25) is 11.5 Å². The first kappa shape index (κ1) is 36.1. The molecule has 14 nitrogen and oxygen atoms in total. The number of halogens is 2. The second kappa shape index (κ2) is 16.2. The van der Waals surface area contributed by atoms with Gasteiger partial charge in [0.1, 0.15) is 24.8 Å². The standard InChI is InChI=1S/C38H43Cl2N9O5/c1-3-27(2)49-37(51)48(25-43-49)31-7-5-29(6-8-31)45-16-18-46(19-17-45)30-9-11-32(12-10-30)52-21-33-22-53-38(54-33,34-13-4-28(39)20-35(34)40)23-47-26-44(24-42-47)15-14-36(41)50/h4-13,20,24-27,33H,3,14-19,21-23H2,1-2H3,(H-,41,50)/p+1/t27?,33?,38-/m0/s1/i/hT. The molecule has 0 saturated carbocycles. The summed E-state index contributed by atoms with van der Waals surface area (Å²) in [5, 5.41) is 9.62. The molecule has 284 valence electrons. The Kier molecular flexibility index (Phi) is 10.9. The molecule has 1 amide bonds. The first-order valence-electron chi connectivity index (χ1n) is 18.5. The van der Waals surface area contributed by atoms with E-state index >= 15 is 0 Å². The van der Waals surface area contributed by atoms with Crippen LogP contribution in [0.1, 0.15) is 38.3 Å². The second-order valence-corrected chi connectivity index (χ2v) is 14.4. The van der Waals surface area contributed by atoms with Crippen molar-refractivity contribution in [3.05, 3.63) is 112 Å². The highest BCUT2D eigenvalue weighted by molar-refractivity contribution is 6.35. The lowest BCUT2D eigenvalue weighted by molar-refractivity contribution is -0.696. The number of carbonyl (C=O) groups excluding carboxylic acids is 1. The minimum Gasteiger partial charge on any atom is -0.491 e. The van der Waals surface area contributed by atoms with Gasteiger partial charge >= 0.3 is 5.69 Å². The first-order valence-corrected chi connectivity index (χ1v) is 18.8. The molecule has 4 heterocycles. The Balaban J connectivity index is 0.930. The Morgan fingerprint density at radius 3 is 2.39 bits per heavy atom. The number of rotatable bonds is 14. The number of anilines is 2. The van der Waals surface area contributed by atoms with Crippen molar-refractivity contribution in [1.29, 1.82) is 0 Å². The minimum atomic E-state index is -1.26. The number of benzene rings is 3. The van der Waals surface area contributed by atoms with Crippen LogP contribution in [-0.4, -0.2) is 75.5 Å². The predicted octanol–water partition coefficient (Wildman–Crippen LogP) is 4.35. The third-order valence-electron chi connectivity index (χ3n) is 9.91. The van der Waals surface area contributed by atoms with Gasteiger partial charge in [-0.2, -0.15) is 5.10 Å². The van der Waals surface area contributed by atoms with E-state index in [1.54, 1.807) is 51.0 Å². The summed E-state index contributed by atoms with van der Waals surface area (Å²) in [6.45, 7) is 8.55. The van der Waals surface area contributed by atoms with Gasteiger partial charge in [-0.15, -0.1) is 4.68 Å². The van der Waals surface area contributed by atoms with E-state index in [1.165, 1.54) is 4.68 Å². The molecule has 3 atom stereocenters. The Labute approximate surface area is 324 Å². The molecule has 0 aliphatic carbocycles. The summed E-state index contributed by atoms with van der Waals surface area (Å²) in [5.74, 6) is -0.930. The van der Waals surface area contributed by atoms with Crippen LogP contribution in [-0.2, 0) is 33.1 Å². The number of piperazine rings is 1. The smallest absolute Gasteiger partial charge is 0.350 e. The van der Waals surface area contributed by atoms with Crippen molar-refractivity contribution in [1.82, 2.24) is 24.1 Å². The third-order valence-corrected chi connectivity index (χ3v) is 10.5. The monoisotopic (exact) mass is 778 g/mol. The van der Waals surface area contributed by atoms with Crippen molar-refractivity contribution < 1.29 is 25.0 Å². The molecule has 2 aromatic heterocycles. The fraction of sp³-hybridized carbons (Fsp3) is 0.395. The molecular formula is C38H44Cl2N9O5+. The van der Waals surface area contributed by atoms with Gasteiger partial charge in [0.25, 0.3) is 6.33 Å². The zero-order valence-corrected chi connectivity index (χ0v) is 31.7. The Morgan fingerprint density at radius 1 is 1.04 bits per heavy atom. The van der Waals surface area contributed by atoms with Crippen molar-refractivity contribution in [2.75, 3.05) is 49.2 Å². The molecule has 2 fully saturated rings. The molecule has 2 unspecified atom stereocenters. The molecule has 2 N–H and O–H groups in total. The van der Waals surface area contributed by atoms with E-state index < -0.39 is 11.9 Å². The van der Waals surface area contributed by atoms with E-state index in [9.17, 15) is 9.59 Å². The van der Waals surface area contributed by atoms with Crippen LogP contribution in [0.15, 0.2) is 90.5 Å². The lowest BCUT2D eigenvalue weighted by Crippen LogP contribution is -2.46. The number of nitrogens with two attached hydrogens (primary N) is 1. The number of aryl methyl sites for hydroxylation is 1. The van der Waals surface area contributed by atoms with Crippen molar-refractivity contribution in [3.63, 3.8) is 0 Å². The van der Waals surface area contributed by atoms with Crippen molar-refractivity contribution in [3.8, 4) is 11.4 Å². The molecule has 7 rings (SSSR count). The highest BCUT2D eigenvalue weighted by atomic mass is 35.5. The van der Waals surface area contributed by atoms with Gasteiger partial charge in [0.15, 0.2) is 7.96 Å². The number of aromatic nitrogens is 6. The van der Waals surface area contributed by atoms with Gasteiger partial charge in [0.2, 0.25) is 18.0 Å². The number of hydrogen-bond donors (Lipinski definition) is 1. The Bertz CT molecular complexity index is 2140. The maximum absolute atomic E-state index is 12.8. The Morgan fingerprint density at radius 2 is 1.72 bits per heavy atom. The molecule has 0 bridgehead atoms. The summed E-state index contributed by atoms with van der Waals surface area (Å²) in [6, 6.07) is 21.4. The predicted molar refractivity (Wildman–Crippen MR) is 204 cm³/mol. The summed E-state index contributed by atoms with van der Waals surface area (Å²) in [6.07, 6.45) is 5.52. The molecule has 0 radical (unpaired) electrons. The number of nitrogens with zero attached hydrogens (tertiary/aromatic N) is 8. The number of carbonyl (C=O) groups is 1. The summed E-state index contributed by atoms with van der Waals surface area (Å²) in [4.78, 5) is 29.1. The second-order valence-electron chi connectivity index (χ2n) is 13.6. The summed E-state index contributed by atoms with van der Waals surface area (Å²) < 4.78 is 32.6. The maximum Gasteiger partial charge on any atom is 0.350 e. The van der Waals surface area contributed by atoms with E-state index in [0.29, 0.717) is 27.9 Å². The topological polar surface area (TPSA) is 139 Å². The van der Waals surface area contributed by atoms with Gasteiger partial charge < -0.3 is 29.7 Å². The average molecular weight is 780 g/mol. The average Bonchev–Trinajstić information content (AvgIpc) is 3.95. The van der Waals surface area contributed by atoms with E-state index in [4.69, 9.17) is 38.8 Å². The lowest BCUT2D eigenvalue weighted by Gasteiger charge is -2.37. The first-order chi connectivity index (χ1) is 26.6.